The van der Waals surface area contributed by atoms with Crippen molar-refractivity contribution in [3.05, 3.63) is 0 Å². The van der Waals surface area contributed by atoms with Crippen molar-refractivity contribution in [3.8, 4) is 0 Å². The Bertz CT molecular complexity index is 393. The topological polar surface area (TPSA) is 42.9 Å². The summed E-state index contributed by atoms with van der Waals surface area (Å²) in [6.45, 7) is 12.0. The fraction of sp³-hybridized carbons (Fsp3) is 0.947. The van der Waals surface area contributed by atoms with E-state index in [1.165, 1.54) is 45.2 Å². The van der Waals surface area contributed by atoms with Crippen molar-refractivity contribution < 1.29 is 0 Å². The van der Waals surface area contributed by atoms with E-state index in [1.54, 1.807) is 0 Å². The lowest BCUT2D eigenvalue weighted by molar-refractivity contribution is 0.102. The molecule has 1 heterocycles. The third-order valence-electron chi connectivity index (χ3n) is 5.49. The average Bonchev–Trinajstić information content (AvgIpc) is 3.38. The van der Waals surface area contributed by atoms with Gasteiger partial charge in [0.25, 0.3) is 0 Å². The lowest BCUT2D eigenvalue weighted by atomic mass is 9.99. The van der Waals surface area contributed by atoms with Crippen LogP contribution in [0.2, 0.25) is 0 Å². The molecule has 2 N–H and O–H groups in total. The van der Waals surface area contributed by atoms with E-state index in [0.29, 0.717) is 6.04 Å². The lowest BCUT2D eigenvalue weighted by Gasteiger charge is -2.40. The molecule has 1 aliphatic heterocycles. The fourth-order valence-corrected chi connectivity index (χ4v) is 3.67. The van der Waals surface area contributed by atoms with E-state index in [4.69, 9.17) is 4.99 Å². The SMILES string of the molecule is CCNC(=NCC(C)(C)N1CCCCC1)NCC(C1CC1)N(C)C. The van der Waals surface area contributed by atoms with Crippen LogP contribution in [0, 0.1) is 5.92 Å². The van der Waals surface area contributed by atoms with Crippen LogP contribution in [0.15, 0.2) is 4.99 Å². The van der Waals surface area contributed by atoms with E-state index < -0.39 is 0 Å². The summed E-state index contributed by atoms with van der Waals surface area (Å²) in [5.41, 5.74) is 0.139. The van der Waals surface area contributed by atoms with E-state index >= 15 is 0 Å². The van der Waals surface area contributed by atoms with Crippen LogP contribution in [-0.4, -0.2) is 74.2 Å². The monoisotopic (exact) mass is 337 g/mol. The second-order valence-electron chi connectivity index (χ2n) is 8.30. The molecule has 1 saturated carbocycles. The van der Waals surface area contributed by atoms with Gasteiger partial charge in [-0.3, -0.25) is 9.89 Å². The highest BCUT2D eigenvalue weighted by Gasteiger charge is 2.32. The summed E-state index contributed by atoms with van der Waals surface area (Å²) < 4.78 is 0. The molecule has 1 saturated heterocycles. The van der Waals surface area contributed by atoms with E-state index in [-0.39, 0.29) is 5.54 Å². The van der Waals surface area contributed by atoms with Gasteiger partial charge < -0.3 is 15.5 Å². The van der Waals surface area contributed by atoms with Crippen LogP contribution < -0.4 is 10.6 Å². The number of likely N-dealkylation sites (N-methyl/N-ethyl adjacent to an activating group) is 1. The molecule has 0 aromatic rings. The van der Waals surface area contributed by atoms with E-state index in [2.05, 4.69) is 55.3 Å². The molecular formula is C19H39N5. The molecule has 0 bridgehead atoms. The Morgan fingerprint density at radius 3 is 2.38 bits per heavy atom. The molecule has 5 heteroatoms. The highest BCUT2D eigenvalue weighted by atomic mass is 15.2. The normalized spacial score (nSPS) is 21.8. The molecule has 1 unspecified atom stereocenters. The first-order valence-corrected chi connectivity index (χ1v) is 9.87. The molecule has 2 rings (SSSR count). The van der Waals surface area contributed by atoms with Gasteiger partial charge in [-0.15, -0.1) is 0 Å². The van der Waals surface area contributed by atoms with Gasteiger partial charge in [0.2, 0.25) is 0 Å². The fourth-order valence-electron chi connectivity index (χ4n) is 3.67. The van der Waals surface area contributed by atoms with E-state index in [1.807, 2.05) is 0 Å². The van der Waals surface area contributed by atoms with Gasteiger partial charge in [0.05, 0.1) is 6.54 Å². The Balaban J connectivity index is 1.88. The van der Waals surface area contributed by atoms with Gasteiger partial charge in [-0.25, -0.2) is 0 Å². The van der Waals surface area contributed by atoms with Crippen LogP contribution in [0.3, 0.4) is 0 Å². The quantitative estimate of drug-likeness (QED) is 0.526. The number of hydrogen-bond acceptors (Lipinski definition) is 3. The van der Waals surface area contributed by atoms with Gasteiger partial charge in [0.1, 0.15) is 0 Å². The summed E-state index contributed by atoms with van der Waals surface area (Å²) in [5.74, 6) is 1.83. The van der Waals surface area contributed by atoms with Gasteiger partial charge in [0, 0.05) is 24.7 Å². The Kier molecular flexibility index (Phi) is 7.35. The first kappa shape index (κ1) is 19.5. The van der Waals surface area contributed by atoms with Crippen molar-refractivity contribution in [1.29, 1.82) is 0 Å². The molecular weight excluding hydrogens is 298 g/mol. The Morgan fingerprint density at radius 2 is 1.83 bits per heavy atom. The summed E-state index contributed by atoms with van der Waals surface area (Å²) in [5, 5.41) is 6.99. The number of likely N-dealkylation sites (tertiary alicyclic amines) is 1. The number of nitrogens with one attached hydrogen (secondary N) is 2. The molecule has 0 aromatic carbocycles. The Hall–Kier alpha value is -0.810. The largest absolute Gasteiger partial charge is 0.357 e. The molecule has 24 heavy (non-hydrogen) atoms. The zero-order chi connectivity index (χ0) is 17.6. The summed E-state index contributed by atoms with van der Waals surface area (Å²) in [7, 11) is 4.38. The van der Waals surface area contributed by atoms with Crippen LogP contribution >= 0.6 is 0 Å². The second kappa shape index (κ2) is 9.04. The number of rotatable bonds is 8. The summed E-state index contributed by atoms with van der Waals surface area (Å²) in [6.07, 6.45) is 6.79. The first-order valence-electron chi connectivity index (χ1n) is 9.87. The van der Waals surface area contributed by atoms with Crippen molar-refractivity contribution >= 4 is 5.96 Å². The number of nitrogens with zero attached hydrogens (tertiary/aromatic N) is 3. The van der Waals surface area contributed by atoms with E-state index in [9.17, 15) is 0 Å². The number of piperidine rings is 1. The Morgan fingerprint density at radius 1 is 1.17 bits per heavy atom. The lowest BCUT2D eigenvalue weighted by Crippen LogP contribution is -2.50. The molecule has 0 aromatic heterocycles. The van der Waals surface area contributed by atoms with Crippen molar-refractivity contribution in [3.63, 3.8) is 0 Å². The molecule has 5 nitrogen and oxygen atoms in total. The van der Waals surface area contributed by atoms with Gasteiger partial charge in [-0.2, -0.15) is 0 Å². The predicted octanol–water partition coefficient (Wildman–Crippen LogP) is 2.15. The molecule has 0 amide bonds. The molecule has 140 valence electrons. The van der Waals surface area contributed by atoms with Gasteiger partial charge in [-0.1, -0.05) is 6.42 Å². The minimum absolute atomic E-state index is 0.139. The number of aliphatic imine (C=N–C) groups is 1. The van der Waals surface area contributed by atoms with E-state index in [0.717, 1.165) is 31.5 Å². The first-order chi connectivity index (χ1) is 11.4. The zero-order valence-corrected chi connectivity index (χ0v) is 16.6. The van der Waals surface area contributed by atoms with Gasteiger partial charge in [-0.05, 0) is 79.6 Å². The molecule has 1 atom stereocenters. The number of guanidine groups is 1. The summed E-state index contributed by atoms with van der Waals surface area (Å²) in [4.78, 5) is 9.87. The maximum Gasteiger partial charge on any atom is 0.191 e. The maximum atomic E-state index is 4.91. The third kappa shape index (κ3) is 5.92. The van der Waals surface area contributed by atoms with Crippen LogP contribution in [0.4, 0.5) is 0 Å². The minimum atomic E-state index is 0.139. The minimum Gasteiger partial charge on any atom is -0.357 e. The standard InChI is InChI=1S/C19H39N5/c1-6-20-18(21-14-17(23(4)5)16-10-11-16)22-15-19(2,3)24-12-8-7-9-13-24/h16-17H,6-15H2,1-5H3,(H2,20,21,22). The van der Waals surface area contributed by atoms with Crippen LogP contribution in [0.5, 0.6) is 0 Å². The predicted molar refractivity (Wildman–Crippen MR) is 104 cm³/mol. The van der Waals surface area contributed by atoms with Crippen molar-refractivity contribution in [2.45, 2.75) is 64.5 Å². The summed E-state index contributed by atoms with van der Waals surface area (Å²) >= 11 is 0. The summed E-state index contributed by atoms with van der Waals surface area (Å²) in [6, 6.07) is 0.615. The molecule has 1 aliphatic carbocycles. The molecule has 2 fully saturated rings. The highest BCUT2D eigenvalue weighted by molar-refractivity contribution is 5.79. The Labute approximate surface area is 149 Å². The smallest absolute Gasteiger partial charge is 0.191 e. The highest BCUT2D eigenvalue weighted by Crippen LogP contribution is 2.34. The van der Waals surface area contributed by atoms with Crippen LogP contribution in [-0.2, 0) is 0 Å². The average molecular weight is 338 g/mol. The van der Waals surface area contributed by atoms with Crippen LogP contribution in [0.25, 0.3) is 0 Å². The van der Waals surface area contributed by atoms with Crippen molar-refractivity contribution in [2.24, 2.45) is 10.9 Å². The van der Waals surface area contributed by atoms with Crippen LogP contribution in [0.1, 0.15) is 52.9 Å². The molecule has 2 aliphatic rings. The van der Waals surface area contributed by atoms with Gasteiger partial charge in [0.15, 0.2) is 5.96 Å². The zero-order valence-electron chi connectivity index (χ0n) is 16.6. The maximum absolute atomic E-state index is 4.91. The molecule has 0 radical (unpaired) electrons. The van der Waals surface area contributed by atoms with Crippen molar-refractivity contribution in [1.82, 2.24) is 20.4 Å². The molecule has 0 spiro atoms. The van der Waals surface area contributed by atoms with Gasteiger partial charge >= 0.3 is 0 Å². The second-order valence-corrected chi connectivity index (χ2v) is 8.30. The number of hydrogen-bond donors (Lipinski definition) is 2. The van der Waals surface area contributed by atoms with Crippen molar-refractivity contribution in [2.75, 3.05) is 46.8 Å². The third-order valence-corrected chi connectivity index (χ3v) is 5.49.